The highest BCUT2D eigenvalue weighted by atomic mass is 79.9. The summed E-state index contributed by atoms with van der Waals surface area (Å²) >= 11 is 3.42. The highest BCUT2D eigenvalue weighted by Crippen LogP contribution is 2.40. The zero-order valence-corrected chi connectivity index (χ0v) is 13.8. The van der Waals surface area contributed by atoms with E-state index in [0.717, 1.165) is 11.0 Å². The van der Waals surface area contributed by atoms with Gasteiger partial charge in [-0.1, -0.05) is 0 Å². The molecule has 2 aromatic rings. The Morgan fingerprint density at radius 1 is 1.50 bits per heavy atom. The third-order valence-corrected chi connectivity index (χ3v) is 4.81. The van der Waals surface area contributed by atoms with Crippen molar-refractivity contribution in [1.29, 1.82) is 0 Å². The Morgan fingerprint density at radius 3 is 3.00 bits per heavy atom. The molecule has 2 aliphatic rings. The van der Waals surface area contributed by atoms with Crippen molar-refractivity contribution in [3.8, 4) is 5.88 Å². The van der Waals surface area contributed by atoms with Gasteiger partial charge in [0, 0.05) is 24.9 Å². The van der Waals surface area contributed by atoms with Crippen LogP contribution >= 0.6 is 15.9 Å². The number of pyridine rings is 1. The molecule has 6 nitrogen and oxygen atoms in total. The van der Waals surface area contributed by atoms with Crippen LogP contribution in [0.5, 0.6) is 5.88 Å². The summed E-state index contributed by atoms with van der Waals surface area (Å²) in [4.78, 5) is 20.4. The van der Waals surface area contributed by atoms with Crippen LogP contribution in [0.25, 0.3) is 11.0 Å². The average molecular weight is 365 g/mol. The lowest BCUT2D eigenvalue weighted by molar-refractivity contribution is -0.119. The quantitative estimate of drug-likeness (QED) is 0.845. The molecule has 1 N–H and O–H groups in total. The zero-order chi connectivity index (χ0) is 15.3. The van der Waals surface area contributed by atoms with Crippen molar-refractivity contribution in [3.05, 3.63) is 17.0 Å². The van der Waals surface area contributed by atoms with Crippen LogP contribution in [0.4, 0.5) is 0 Å². The lowest BCUT2D eigenvalue weighted by Gasteiger charge is -2.20. The second-order valence-corrected chi connectivity index (χ2v) is 6.90. The number of hydrogen-bond acceptors (Lipinski definition) is 4. The second-order valence-electron chi connectivity index (χ2n) is 6.09. The number of carbonyl (C=O) groups is 1. The number of imidazole rings is 1. The minimum absolute atomic E-state index is 0.0773. The fraction of sp³-hybridized carbons (Fsp3) is 0.533. The summed E-state index contributed by atoms with van der Waals surface area (Å²) < 4.78 is 9.00. The number of amides is 1. The molecule has 1 aliphatic carbocycles. The Balaban J connectivity index is 1.67. The third kappa shape index (κ3) is 2.47. The van der Waals surface area contributed by atoms with Crippen LogP contribution in [0.3, 0.4) is 0 Å². The number of halogens is 1. The summed E-state index contributed by atoms with van der Waals surface area (Å²) in [6.45, 7) is 2.66. The van der Waals surface area contributed by atoms with Crippen LogP contribution in [0.15, 0.2) is 17.0 Å². The number of ether oxygens (including phenoxy) is 1. The van der Waals surface area contributed by atoms with Gasteiger partial charge in [0.15, 0.2) is 0 Å². The van der Waals surface area contributed by atoms with E-state index in [1.165, 1.54) is 12.8 Å². The molecule has 1 amide bonds. The summed E-state index contributed by atoms with van der Waals surface area (Å²) in [5, 5.41) is 2.85. The maximum absolute atomic E-state index is 11.4. The minimum Gasteiger partial charge on any atom is -0.473 e. The summed E-state index contributed by atoms with van der Waals surface area (Å²) in [5.74, 6) is 0.872. The fourth-order valence-electron chi connectivity index (χ4n) is 2.94. The normalized spacial score (nSPS) is 22.8. The second kappa shape index (κ2) is 5.22. The molecule has 2 fully saturated rings. The van der Waals surface area contributed by atoms with Crippen LogP contribution in [-0.4, -0.2) is 33.1 Å². The molecule has 22 heavy (non-hydrogen) atoms. The van der Waals surface area contributed by atoms with E-state index < -0.39 is 0 Å². The van der Waals surface area contributed by atoms with Crippen LogP contribution in [-0.2, 0) is 4.79 Å². The average Bonchev–Trinajstić information content (AvgIpc) is 3.08. The fourth-order valence-corrected chi connectivity index (χ4v) is 3.32. The number of nitrogens with one attached hydrogen (secondary N) is 1. The van der Waals surface area contributed by atoms with Crippen molar-refractivity contribution < 1.29 is 9.53 Å². The first-order chi connectivity index (χ1) is 10.6. The number of aromatic nitrogens is 3. The van der Waals surface area contributed by atoms with E-state index in [9.17, 15) is 4.79 Å². The molecule has 1 saturated carbocycles. The molecule has 1 saturated heterocycles. The summed E-state index contributed by atoms with van der Waals surface area (Å²) in [7, 11) is 0. The lowest BCUT2D eigenvalue weighted by Crippen LogP contribution is -2.26. The number of carbonyl (C=O) groups excluding carboxylic acids is 1. The maximum atomic E-state index is 11.4. The Bertz CT molecular complexity index is 740. The molecule has 1 unspecified atom stereocenters. The van der Waals surface area contributed by atoms with Crippen LogP contribution in [0, 0.1) is 5.92 Å². The lowest BCUT2D eigenvalue weighted by atomic mass is 10.0. The largest absolute Gasteiger partial charge is 0.473 e. The molecule has 7 heteroatoms. The zero-order valence-electron chi connectivity index (χ0n) is 12.3. The first kappa shape index (κ1) is 14.0. The van der Waals surface area contributed by atoms with Gasteiger partial charge in [0.25, 0.3) is 0 Å². The van der Waals surface area contributed by atoms with E-state index in [2.05, 4.69) is 35.8 Å². The van der Waals surface area contributed by atoms with Crippen molar-refractivity contribution >= 4 is 32.9 Å². The van der Waals surface area contributed by atoms with Crippen molar-refractivity contribution in [2.45, 2.75) is 38.3 Å². The van der Waals surface area contributed by atoms with E-state index in [1.54, 1.807) is 0 Å². The van der Waals surface area contributed by atoms with Gasteiger partial charge in [-0.25, -0.2) is 9.97 Å². The molecule has 1 aliphatic heterocycles. The molecule has 0 radical (unpaired) electrons. The van der Waals surface area contributed by atoms with Gasteiger partial charge >= 0.3 is 0 Å². The number of fused-ring (bicyclic) bond motifs is 1. The van der Waals surface area contributed by atoms with Gasteiger partial charge in [-0.2, -0.15) is 0 Å². The van der Waals surface area contributed by atoms with E-state index in [4.69, 9.17) is 4.74 Å². The van der Waals surface area contributed by atoms with Crippen LogP contribution in [0.1, 0.15) is 32.2 Å². The Hall–Kier alpha value is -1.63. The van der Waals surface area contributed by atoms with Gasteiger partial charge in [-0.15, -0.1) is 0 Å². The standard InChI is InChI=1S/C15H17BrN4O2/c1-8(9-4-13(21)17-6-9)22-15-14-11(5-12(16)19-15)18-7-20(14)10-2-3-10/h5,7-10H,2-4,6H2,1H3,(H,17,21)/t8-,9?/m1/s1. The Kier molecular flexibility index (Phi) is 3.32. The van der Waals surface area contributed by atoms with E-state index in [0.29, 0.717) is 29.5 Å². The molecule has 0 spiro atoms. The molecular formula is C15H17BrN4O2. The van der Waals surface area contributed by atoms with Crippen molar-refractivity contribution in [2.24, 2.45) is 5.92 Å². The smallest absolute Gasteiger partial charge is 0.241 e. The van der Waals surface area contributed by atoms with Crippen molar-refractivity contribution in [1.82, 2.24) is 19.9 Å². The van der Waals surface area contributed by atoms with E-state index >= 15 is 0 Å². The third-order valence-electron chi connectivity index (χ3n) is 4.40. The van der Waals surface area contributed by atoms with Gasteiger partial charge in [-0.3, -0.25) is 4.79 Å². The van der Waals surface area contributed by atoms with Gasteiger partial charge in [0.1, 0.15) is 16.2 Å². The summed E-state index contributed by atoms with van der Waals surface area (Å²) in [5.41, 5.74) is 1.84. The molecule has 0 aromatic carbocycles. The van der Waals surface area contributed by atoms with E-state index in [-0.39, 0.29) is 17.9 Å². The molecule has 0 bridgehead atoms. The van der Waals surface area contributed by atoms with Gasteiger partial charge in [0.05, 0.1) is 11.8 Å². The van der Waals surface area contributed by atoms with Crippen molar-refractivity contribution in [3.63, 3.8) is 0 Å². The SMILES string of the molecule is C[C@@H](Oc1nc(Br)cc2ncn(C3CC3)c12)C1CNC(=O)C1. The molecule has 3 heterocycles. The first-order valence-corrected chi connectivity index (χ1v) is 8.37. The molecule has 116 valence electrons. The summed E-state index contributed by atoms with van der Waals surface area (Å²) in [6, 6.07) is 2.42. The predicted octanol–water partition coefficient (Wildman–Crippen LogP) is 2.43. The topological polar surface area (TPSA) is 69.0 Å². The monoisotopic (exact) mass is 364 g/mol. The van der Waals surface area contributed by atoms with Gasteiger partial charge in [-0.05, 0) is 41.8 Å². The number of rotatable bonds is 4. The molecule has 2 aromatic heterocycles. The first-order valence-electron chi connectivity index (χ1n) is 7.58. The molecule has 2 atom stereocenters. The maximum Gasteiger partial charge on any atom is 0.241 e. The summed E-state index contributed by atoms with van der Waals surface area (Å²) in [6.07, 6.45) is 4.66. The van der Waals surface area contributed by atoms with E-state index in [1.807, 2.05) is 19.3 Å². The van der Waals surface area contributed by atoms with Crippen LogP contribution in [0.2, 0.25) is 0 Å². The number of nitrogens with zero attached hydrogens (tertiary/aromatic N) is 3. The highest BCUT2D eigenvalue weighted by Gasteiger charge is 2.31. The van der Waals surface area contributed by atoms with Gasteiger partial charge in [0.2, 0.25) is 11.8 Å². The van der Waals surface area contributed by atoms with Crippen molar-refractivity contribution in [2.75, 3.05) is 6.54 Å². The molecule has 4 rings (SSSR count). The number of hydrogen-bond donors (Lipinski definition) is 1. The van der Waals surface area contributed by atoms with Gasteiger partial charge < -0.3 is 14.6 Å². The Labute approximate surface area is 136 Å². The Morgan fingerprint density at radius 2 is 2.32 bits per heavy atom. The van der Waals surface area contributed by atoms with Crippen LogP contribution < -0.4 is 10.1 Å². The highest BCUT2D eigenvalue weighted by molar-refractivity contribution is 9.10. The predicted molar refractivity (Wildman–Crippen MR) is 84.7 cm³/mol. The molecular weight excluding hydrogens is 348 g/mol. The minimum atomic E-state index is -0.0773.